The summed E-state index contributed by atoms with van der Waals surface area (Å²) in [4.78, 5) is 15.9. The van der Waals surface area contributed by atoms with Crippen LogP contribution in [0.25, 0.3) is 5.76 Å². The molecule has 0 unspecified atom stereocenters. The smallest absolute Gasteiger partial charge is 0.330 e. The largest absolute Gasteiger partial charge is 0.462 e. The van der Waals surface area contributed by atoms with Crippen LogP contribution in [0.5, 0.6) is 0 Å². The molecule has 0 bridgehead atoms. The van der Waals surface area contributed by atoms with Crippen molar-refractivity contribution in [2.24, 2.45) is 0 Å². The first-order valence-electron chi connectivity index (χ1n) is 4.61. The van der Waals surface area contributed by atoms with Gasteiger partial charge in [0.2, 0.25) is 0 Å². The van der Waals surface area contributed by atoms with Crippen LogP contribution in [0.3, 0.4) is 0 Å². The first-order valence-corrected chi connectivity index (χ1v) is 4.61. The Balaban J connectivity index is 1.85. The van der Waals surface area contributed by atoms with E-state index in [-0.39, 0.29) is 12.0 Å². The topological polar surface area (TPSA) is 47.6 Å². The second-order valence-corrected chi connectivity index (χ2v) is 3.19. The molecule has 4 heteroatoms. The number of esters is 1. The highest BCUT2D eigenvalue weighted by Crippen LogP contribution is 2.12. The van der Waals surface area contributed by atoms with Crippen molar-refractivity contribution in [2.75, 3.05) is 6.61 Å². The maximum absolute atomic E-state index is 10.8. The Morgan fingerprint density at radius 1 is 1.47 bits per heavy atom. The Morgan fingerprint density at radius 2 is 2.20 bits per heavy atom. The van der Waals surface area contributed by atoms with Gasteiger partial charge in [-0.15, -0.1) is 5.48 Å². The van der Waals surface area contributed by atoms with E-state index in [1.807, 2.05) is 30.3 Å². The summed E-state index contributed by atoms with van der Waals surface area (Å²) in [7, 11) is 0. The van der Waals surface area contributed by atoms with Gasteiger partial charge in [0.25, 0.3) is 0 Å². The molecule has 1 heterocycles. The Hall–Kier alpha value is -1.81. The van der Waals surface area contributed by atoms with Gasteiger partial charge >= 0.3 is 5.97 Å². The molecule has 1 atom stereocenters. The first-order chi connectivity index (χ1) is 7.27. The van der Waals surface area contributed by atoms with Gasteiger partial charge in [-0.3, -0.25) is 4.79 Å². The van der Waals surface area contributed by atoms with Gasteiger partial charge in [-0.1, -0.05) is 36.9 Å². The van der Waals surface area contributed by atoms with Crippen molar-refractivity contribution in [3.8, 4) is 0 Å². The number of cyclic esters (lactones) is 1. The molecule has 0 radical (unpaired) electrons. The maximum Gasteiger partial charge on any atom is 0.330 e. The fourth-order valence-corrected chi connectivity index (χ4v) is 1.14. The number of hydroxylamine groups is 1. The van der Waals surface area contributed by atoms with Crippen molar-refractivity contribution in [2.45, 2.75) is 6.04 Å². The highest BCUT2D eigenvalue weighted by atomic mass is 16.7. The minimum absolute atomic E-state index is 0.295. The Labute approximate surface area is 87.5 Å². The van der Waals surface area contributed by atoms with Gasteiger partial charge in [-0.05, 0) is 0 Å². The van der Waals surface area contributed by atoms with E-state index in [2.05, 4.69) is 16.8 Å². The zero-order valence-electron chi connectivity index (χ0n) is 8.10. The van der Waals surface area contributed by atoms with Gasteiger partial charge in [-0.25, -0.2) is 0 Å². The molecule has 0 aliphatic carbocycles. The van der Waals surface area contributed by atoms with E-state index in [4.69, 9.17) is 4.84 Å². The maximum atomic E-state index is 10.8. The normalized spacial score (nSPS) is 18.9. The van der Waals surface area contributed by atoms with Gasteiger partial charge in [0.1, 0.15) is 12.4 Å². The molecule has 1 saturated heterocycles. The Bertz CT molecular complexity index is 375. The molecule has 1 aliphatic rings. The molecule has 0 spiro atoms. The molecule has 4 nitrogen and oxygen atoms in total. The number of hydrogen-bond donors (Lipinski definition) is 1. The number of carbonyl (C=O) groups is 1. The quantitative estimate of drug-likeness (QED) is 0.454. The molecule has 1 aromatic rings. The van der Waals surface area contributed by atoms with Crippen molar-refractivity contribution in [3.05, 3.63) is 42.5 Å². The first kappa shape index (κ1) is 9.73. The van der Waals surface area contributed by atoms with Gasteiger partial charge in [0.05, 0.1) is 0 Å². The van der Waals surface area contributed by atoms with Crippen LogP contribution < -0.4 is 5.48 Å². The number of nitrogens with one attached hydrogen (secondary N) is 1. The van der Waals surface area contributed by atoms with Crippen molar-refractivity contribution >= 4 is 11.7 Å². The van der Waals surface area contributed by atoms with E-state index in [1.165, 1.54) is 0 Å². The lowest BCUT2D eigenvalue weighted by Gasteiger charge is -2.25. The molecule has 1 N–H and O–H groups in total. The van der Waals surface area contributed by atoms with E-state index in [0.717, 1.165) is 5.56 Å². The highest BCUT2D eigenvalue weighted by molar-refractivity contribution is 5.80. The summed E-state index contributed by atoms with van der Waals surface area (Å²) in [5, 5.41) is 0. The van der Waals surface area contributed by atoms with Crippen molar-refractivity contribution in [1.82, 2.24) is 5.48 Å². The van der Waals surface area contributed by atoms with Crippen LogP contribution in [0.2, 0.25) is 0 Å². The predicted octanol–water partition coefficient (Wildman–Crippen LogP) is 1.10. The Kier molecular flexibility index (Phi) is 2.69. The number of rotatable bonds is 4. The fourth-order valence-electron chi connectivity index (χ4n) is 1.14. The number of benzene rings is 1. The van der Waals surface area contributed by atoms with E-state index in [0.29, 0.717) is 12.4 Å². The summed E-state index contributed by atoms with van der Waals surface area (Å²) in [6.07, 6.45) is 0. The molecular formula is C11H11NO3. The lowest BCUT2D eigenvalue weighted by atomic mass is 10.2. The average Bonchev–Trinajstić information content (AvgIpc) is 2.28. The van der Waals surface area contributed by atoms with E-state index in [9.17, 15) is 4.79 Å². The molecule has 78 valence electrons. The molecule has 2 rings (SSSR count). The van der Waals surface area contributed by atoms with Gasteiger partial charge < -0.3 is 9.57 Å². The van der Waals surface area contributed by atoms with Crippen molar-refractivity contribution in [1.29, 1.82) is 0 Å². The second kappa shape index (κ2) is 4.14. The zero-order chi connectivity index (χ0) is 10.7. The van der Waals surface area contributed by atoms with Gasteiger partial charge in [0, 0.05) is 5.56 Å². The van der Waals surface area contributed by atoms with Crippen LogP contribution in [-0.2, 0) is 14.4 Å². The number of carbonyl (C=O) groups excluding carboxylic acids is 1. The fraction of sp³-hybridized carbons (Fsp3) is 0.182. The second-order valence-electron chi connectivity index (χ2n) is 3.19. The summed E-state index contributed by atoms with van der Waals surface area (Å²) in [5.41, 5.74) is 3.47. The lowest BCUT2D eigenvalue weighted by molar-refractivity contribution is -0.168. The van der Waals surface area contributed by atoms with Crippen LogP contribution in [-0.4, -0.2) is 18.6 Å². The van der Waals surface area contributed by atoms with Crippen LogP contribution >= 0.6 is 0 Å². The SMILES string of the molecule is C=C(ON[C@H]1COC1=O)c1ccccc1. The summed E-state index contributed by atoms with van der Waals surface area (Å²) in [6.45, 7) is 4.09. The van der Waals surface area contributed by atoms with Crippen molar-refractivity contribution in [3.63, 3.8) is 0 Å². The molecular weight excluding hydrogens is 194 g/mol. The summed E-state index contributed by atoms with van der Waals surface area (Å²) in [5.74, 6) is 0.186. The number of ether oxygens (including phenoxy) is 1. The average molecular weight is 205 g/mol. The summed E-state index contributed by atoms with van der Waals surface area (Å²) in [6, 6.07) is 9.08. The molecule has 0 amide bonds. The summed E-state index contributed by atoms with van der Waals surface area (Å²) >= 11 is 0. The van der Waals surface area contributed by atoms with Gasteiger partial charge in [-0.2, -0.15) is 0 Å². The minimum Gasteiger partial charge on any atom is -0.462 e. The molecule has 0 saturated carbocycles. The Morgan fingerprint density at radius 3 is 2.73 bits per heavy atom. The third kappa shape index (κ3) is 2.16. The van der Waals surface area contributed by atoms with Gasteiger partial charge in [0.15, 0.2) is 6.04 Å². The van der Waals surface area contributed by atoms with Crippen molar-refractivity contribution < 1.29 is 14.4 Å². The van der Waals surface area contributed by atoms with Crippen LogP contribution in [0.1, 0.15) is 5.56 Å². The molecule has 1 fully saturated rings. The van der Waals surface area contributed by atoms with Crippen LogP contribution in [0.4, 0.5) is 0 Å². The molecule has 1 aliphatic heterocycles. The standard InChI is InChI=1S/C11H11NO3/c1-8(9-5-3-2-4-6-9)15-12-10-7-14-11(10)13/h2-6,10,12H,1,7H2/t10-/m0/s1. The van der Waals surface area contributed by atoms with Crippen LogP contribution in [0.15, 0.2) is 36.9 Å². The van der Waals surface area contributed by atoms with Crippen LogP contribution in [0, 0.1) is 0 Å². The van der Waals surface area contributed by atoms with E-state index >= 15 is 0 Å². The lowest BCUT2D eigenvalue weighted by Crippen LogP contribution is -2.50. The molecule has 0 aromatic heterocycles. The molecule has 15 heavy (non-hydrogen) atoms. The highest BCUT2D eigenvalue weighted by Gasteiger charge is 2.31. The zero-order valence-corrected chi connectivity index (χ0v) is 8.10. The third-order valence-corrected chi connectivity index (χ3v) is 2.10. The number of hydrogen-bond acceptors (Lipinski definition) is 4. The van der Waals surface area contributed by atoms with E-state index in [1.54, 1.807) is 0 Å². The molecule has 1 aromatic carbocycles. The third-order valence-electron chi connectivity index (χ3n) is 2.10. The predicted molar refractivity (Wildman–Crippen MR) is 54.4 cm³/mol. The summed E-state index contributed by atoms with van der Waals surface area (Å²) < 4.78 is 4.57. The van der Waals surface area contributed by atoms with E-state index < -0.39 is 0 Å². The minimum atomic E-state index is -0.370. The monoisotopic (exact) mass is 205 g/mol.